The zero-order valence-electron chi connectivity index (χ0n) is 20.5. The van der Waals surface area contributed by atoms with Gasteiger partial charge in [0.15, 0.2) is 0 Å². The Morgan fingerprint density at radius 1 is 1.12 bits per heavy atom. The minimum atomic E-state index is -0.409. The summed E-state index contributed by atoms with van der Waals surface area (Å²) in [5.74, 6) is 1.41. The number of fused-ring (bicyclic) bond motifs is 5. The van der Waals surface area contributed by atoms with E-state index in [9.17, 15) is 14.7 Å². The molecule has 3 aliphatic carbocycles. The van der Waals surface area contributed by atoms with Gasteiger partial charge in [0.05, 0.1) is 6.10 Å². The molecule has 0 aliphatic heterocycles. The van der Waals surface area contributed by atoms with Crippen molar-refractivity contribution in [1.82, 2.24) is 4.90 Å². The molecule has 2 saturated carbocycles. The number of hydrogen-bond acceptors (Lipinski definition) is 3. The first kappa shape index (κ1) is 23.1. The van der Waals surface area contributed by atoms with Crippen LogP contribution < -0.4 is 5.73 Å². The maximum Gasteiger partial charge on any atom is 0.253 e. The smallest absolute Gasteiger partial charge is 0.253 e. The largest absolute Gasteiger partial charge is 0.392 e. The molecule has 0 unspecified atom stereocenters. The molecule has 2 amide bonds. The van der Waals surface area contributed by atoms with Gasteiger partial charge in [-0.1, -0.05) is 25.1 Å². The summed E-state index contributed by atoms with van der Waals surface area (Å²) >= 11 is 0. The van der Waals surface area contributed by atoms with E-state index in [0.717, 1.165) is 49.7 Å². The fourth-order valence-corrected chi connectivity index (χ4v) is 7.48. The van der Waals surface area contributed by atoms with Gasteiger partial charge in [0, 0.05) is 25.2 Å². The number of nitrogens with zero attached hydrogens (tertiary/aromatic N) is 1. The van der Waals surface area contributed by atoms with Crippen LogP contribution in [-0.4, -0.2) is 42.0 Å². The minimum absolute atomic E-state index is 0.0586. The molecule has 2 aromatic carbocycles. The van der Waals surface area contributed by atoms with E-state index < -0.39 is 5.91 Å². The van der Waals surface area contributed by atoms with Gasteiger partial charge in [-0.05, 0) is 109 Å². The van der Waals surface area contributed by atoms with Gasteiger partial charge in [-0.2, -0.15) is 0 Å². The van der Waals surface area contributed by atoms with E-state index in [1.165, 1.54) is 11.1 Å². The summed E-state index contributed by atoms with van der Waals surface area (Å²) in [6.07, 6.45) is 5.69. The Kier molecular flexibility index (Phi) is 5.79. The lowest BCUT2D eigenvalue weighted by atomic mass is 9.55. The normalized spacial score (nSPS) is 31.8. The molecule has 0 bridgehead atoms. The van der Waals surface area contributed by atoms with Crippen molar-refractivity contribution in [1.29, 1.82) is 0 Å². The van der Waals surface area contributed by atoms with Crippen molar-refractivity contribution in [2.75, 3.05) is 14.1 Å². The van der Waals surface area contributed by atoms with Crippen molar-refractivity contribution in [2.45, 2.75) is 57.5 Å². The first-order valence-corrected chi connectivity index (χ1v) is 12.6. The van der Waals surface area contributed by atoms with E-state index in [0.29, 0.717) is 23.3 Å². The third kappa shape index (κ3) is 3.74. The number of aryl methyl sites for hydroxylation is 1. The second-order valence-corrected chi connectivity index (χ2v) is 11.3. The predicted molar refractivity (Wildman–Crippen MR) is 133 cm³/mol. The summed E-state index contributed by atoms with van der Waals surface area (Å²) in [6.45, 7) is 2.30. The number of carbonyl (C=O) groups excluding carboxylic acids is 2. The van der Waals surface area contributed by atoms with Gasteiger partial charge in [-0.3, -0.25) is 9.59 Å². The molecular weight excluding hydrogens is 424 g/mol. The quantitative estimate of drug-likeness (QED) is 0.718. The van der Waals surface area contributed by atoms with Crippen molar-refractivity contribution < 1.29 is 14.7 Å². The van der Waals surface area contributed by atoms with Crippen LogP contribution in [0.5, 0.6) is 0 Å². The number of carbonyl (C=O) groups is 2. The Bertz CT molecular complexity index is 1130. The SMILES string of the molecule is CN(C)C(=O)c1ccc2c(c1)CC[C@@H]1[C@@H]2CC[C@]2(C)[C@@H](O)[C@@H](Cc3cccc(C(N)=O)c3)C[C@@H]12. The Morgan fingerprint density at radius 3 is 2.65 bits per heavy atom. The molecule has 2 fully saturated rings. The van der Waals surface area contributed by atoms with Crippen molar-refractivity contribution in [3.05, 3.63) is 70.3 Å². The average Bonchev–Trinajstić information content (AvgIpc) is 3.08. The zero-order valence-corrected chi connectivity index (χ0v) is 20.5. The molecule has 5 heteroatoms. The molecule has 0 heterocycles. The molecule has 2 aromatic rings. The fraction of sp³-hybridized carbons (Fsp3) is 0.517. The monoisotopic (exact) mass is 460 g/mol. The van der Waals surface area contributed by atoms with E-state index in [-0.39, 0.29) is 23.3 Å². The molecule has 180 valence electrons. The molecule has 0 aromatic heterocycles. The fourth-order valence-electron chi connectivity index (χ4n) is 7.48. The highest BCUT2D eigenvalue weighted by Gasteiger charge is 2.57. The second-order valence-electron chi connectivity index (χ2n) is 11.3. The Labute approximate surface area is 202 Å². The molecule has 0 saturated heterocycles. The van der Waals surface area contributed by atoms with Gasteiger partial charge in [0.25, 0.3) is 5.91 Å². The summed E-state index contributed by atoms with van der Waals surface area (Å²) in [5.41, 5.74) is 10.5. The van der Waals surface area contributed by atoms with Crippen molar-refractivity contribution >= 4 is 11.8 Å². The van der Waals surface area contributed by atoms with Gasteiger partial charge in [-0.25, -0.2) is 0 Å². The number of benzene rings is 2. The molecular formula is C29H36N2O3. The summed E-state index contributed by atoms with van der Waals surface area (Å²) < 4.78 is 0. The standard InChI is InChI=1S/C29H36N2O3/c1-29-12-11-23-22-9-8-20(28(34)31(2)3)15-18(22)7-10-24(23)25(29)16-21(26(29)32)14-17-5-4-6-19(13-17)27(30)33/h4-6,8-9,13,15,21,23-26,32H,7,10-12,14,16H2,1-3H3,(H2,30,33)/t21-,23+,24+,25-,26-,29-/m0/s1. The molecule has 0 radical (unpaired) electrons. The van der Waals surface area contributed by atoms with E-state index in [1.54, 1.807) is 25.1 Å². The van der Waals surface area contributed by atoms with Crippen LogP contribution in [0.3, 0.4) is 0 Å². The van der Waals surface area contributed by atoms with Crippen LogP contribution in [0.4, 0.5) is 0 Å². The second kappa shape index (κ2) is 8.53. The molecule has 6 atom stereocenters. The number of amides is 2. The maximum absolute atomic E-state index is 12.5. The summed E-state index contributed by atoms with van der Waals surface area (Å²) in [4.78, 5) is 25.7. The third-order valence-electron chi connectivity index (χ3n) is 9.21. The number of rotatable bonds is 4. The summed E-state index contributed by atoms with van der Waals surface area (Å²) in [5, 5.41) is 11.5. The molecule has 34 heavy (non-hydrogen) atoms. The molecule has 3 N–H and O–H groups in total. The zero-order chi connectivity index (χ0) is 24.2. The highest BCUT2D eigenvalue weighted by atomic mass is 16.3. The highest BCUT2D eigenvalue weighted by molar-refractivity contribution is 5.94. The van der Waals surface area contributed by atoms with Gasteiger partial charge in [0.2, 0.25) is 5.91 Å². The Balaban J connectivity index is 1.38. The van der Waals surface area contributed by atoms with Crippen LogP contribution in [0.25, 0.3) is 0 Å². The van der Waals surface area contributed by atoms with Crippen LogP contribution in [0, 0.1) is 23.2 Å². The van der Waals surface area contributed by atoms with E-state index in [2.05, 4.69) is 19.1 Å². The molecule has 3 aliphatic rings. The lowest BCUT2D eigenvalue weighted by Gasteiger charge is -2.50. The summed E-state index contributed by atoms with van der Waals surface area (Å²) in [7, 11) is 3.59. The van der Waals surface area contributed by atoms with Crippen LogP contribution >= 0.6 is 0 Å². The first-order chi connectivity index (χ1) is 16.2. The highest BCUT2D eigenvalue weighted by Crippen LogP contribution is 2.62. The Morgan fingerprint density at radius 2 is 1.91 bits per heavy atom. The van der Waals surface area contributed by atoms with Crippen LogP contribution in [0.2, 0.25) is 0 Å². The predicted octanol–water partition coefficient (Wildman–Crippen LogP) is 4.17. The molecule has 5 nitrogen and oxygen atoms in total. The molecule has 5 rings (SSSR count). The number of aliphatic hydroxyl groups excluding tert-OH is 1. The average molecular weight is 461 g/mol. The van der Waals surface area contributed by atoms with Crippen molar-refractivity contribution in [2.24, 2.45) is 28.9 Å². The van der Waals surface area contributed by atoms with Gasteiger partial charge < -0.3 is 15.7 Å². The molecule has 0 spiro atoms. The lowest BCUT2D eigenvalue weighted by molar-refractivity contribution is -0.0325. The van der Waals surface area contributed by atoms with E-state index in [4.69, 9.17) is 5.73 Å². The Hall–Kier alpha value is -2.66. The van der Waals surface area contributed by atoms with Gasteiger partial charge >= 0.3 is 0 Å². The van der Waals surface area contributed by atoms with E-state index >= 15 is 0 Å². The number of primary amides is 1. The lowest BCUT2D eigenvalue weighted by Crippen LogP contribution is -2.44. The third-order valence-corrected chi connectivity index (χ3v) is 9.21. The van der Waals surface area contributed by atoms with E-state index in [1.807, 2.05) is 24.3 Å². The topological polar surface area (TPSA) is 83.6 Å². The van der Waals surface area contributed by atoms with Crippen molar-refractivity contribution in [3.8, 4) is 0 Å². The van der Waals surface area contributed by atoms with Crippen LogP contribution in [0.15, 0.2) is 42.5 Å². The number of aliphatic hydroxyl groups is 1. The van der Waals surface area contributed by atoms with Crippen LogP contribution in [-0.2, 0) is 12.8 Å². The van der Waals surface area contributed by atoms with Gasteiger partial charge in [0.1, 0.15) is 0 Å². The number of hydrogen-bond donors (Lipinski definition) is 2. The van der Waals surface area contributed by atoms with Crippen molar-refractivity contribution in [3.63, 3.8) is 0 Å². The summed E-state index contributed by atoms with van der Waals surface area (Å²) in [6, 6.07) is 13.9. The minimum Gasteiger partial charge on any atom is -0.392 e. The first-order valence-electron chi connectivity index (χ1n) is 12.6. The maximum atomic E-state index is 12.5. The van der Waals surface area contributed by atoms with Gasteiger partial charge in [-0.15, -0.1) is 0 Å². The number of nitrogens with two attached hydrogens (primary N) is 1. The van der Waals surface area contributed by atoms with Crippen LogP contribution in [0.1, 0.15) is 75.9 Å².